The molecule has 0 aliphatic heterocycles. The van der Waals surface area contributed by atoms with Crippen LogP contribution in [0.25, 0.3) is 0 Å². The Balaban J connectivity index is 2.60. The highest BCUT2D eigenvalue weighted by Gasteiger charge is 2.16. The number of aryl methyl sites for hydroxylation is 1. The molecule has 0 saturated heterocycles. The fourth-order valence-corrected chi connectivity index (χ4v) is 1.46. The predicted molar refractivity (Wildman–Crippen MR) is 61.3 cm³/mol. The van der Waals surface area contributed by atoms with Crippen LogP contribution in [0.5, 0.6) is 0 Å². The molecule has 1 aromatic rings. The summed E-state index contributed by atoms with van der Waals surface area (Å²) >= 11 is 0. The van der Waals surface area contributed by atoms with Gasteiger partial charge < -0.3 is 14.6 Å². The highest BCUT2D eigenvalue weighted by molar-refractivity contribution is 5.79. The summed E-state index contributed by atoms with van der Waals surface area (Å²) in [4.78, 5) is 15.9. The molecule has 0 aromatic carbocycles. The molecule has 0 spiro atoms. The van der Waals surface area contributed by atoms with Gasteiger partial charge in [-0.2, -0.15) is 0 Å². The highest BCUT2D eigenvalue weighted by atomic mass is 16.5. The van der Waals surface area contributed by atoms with E-state index in [1.807, 2.05) is 25.3 Å². The van der Waals surface area contributed by atoms with E-state index in [0.29, 0.717) is 13.2 Å². The molecule has 90 valence electrons. The summed E-state index contributed by atoms with van der Waals surface area (Å²) in [5.41, 5.74) is 1.98. The molecule has 1 rings (SSSR count). The molecule has 1 heterocycles. The minimum absolute atomic E-state index is 0.0162. The van der Waals surface area contributed by atoms with Crippen LogP contribution < -0.4 is 5.32 Å². The van der Waals surface area contributed by atoms with Crippen molar-refractivity contribution in [1.82, 2.24) is 14.9 Å². The average Bonchev–Trinajstić information content (AvgIpc) is 2.59. The van der Waals surface area contributed by atoms with Crippen molar-refractivity contribution in [2.45, 2.75) is 26.8 Å². The Hall–Kier alpha value is -1.36. The Morgan fingerprint density at radius 3 is 2.81 bits per heavy atom. The molecule has 0 aliphatic carbocycles. The van der Waals surface area contributed by atoms with Crippen LogP contribution in [-0.2, 0) is 9.53 Å². The van der Waals surface area contributed by atoms with Gasteiger partial charge in [0.2, 0.25) is 5.91 Å². The molecule has 0 radical (unpaired) electrons. The largest absolute Gasteiger partial charge is 0.383 e. The van der Waals surface area contributed by atoms with Gasteiger partial charge in [-0.25, -0.2) is 4.98 Å². The Labute approximate surface area is 95.8 Å². The SMILES string of the molecule is COCCNC(=O)C(C)n1cnc(C)c1C. The second-order valence-electron chi connectivity index (χ2n) is 3.78. The van der Waals surface area contributed by atoms with Crippen molar-refractivity contribution in [3.05, 3.63) is 17.7 Å². The maximum absolute atomic E-state index is 11.8. The van der Waals surface area contributed by atoms with E-state index in [-0.39, 0.29) is 11.9 Å². The Kier molecular flexibility index (Phi) is 4.49. The lowest BCUT2D eigenvalue weighted by molar-refractivity contribution is -0.124. The van der Waals surface area contributed by atoms with Crippen LogP contribution in [0.3, 0.4) is 0 Å². The van der Waals surface area contributed by atoms with Crippen molar-refractivity contribution in [3.63, 3.8) is 0 Å². The maximum atomic E-state index is 11.8. The molecule has 1 amide bonds. The van der Waals surface area contributed by atoms with Crippen LogP contribution in [0.2, 0.25) is 0 Å². The molecule has 16 heavy (non-hydrogen) atoms. The van der Waals surface area contributed by atoms with E-state index < -0.39 is 0 Å². The second-order valence-corrected chi connectivity index (χ2v) is 3.78. The number of imidazole rings is 1. The first kappa shape index (κ1) is 12.7. The van der Waals surface area contributed by atoms with Crippen molar-refractivity contribution < 1.29 is 9.53 Å². The van der Waals surface area contributed by atoms with Gasteiger partial charge in [-0.1, -0.05) is 0 Å². The van der Waals surface area contributed by atoms with Gasteiger partial charge in [0.25, 0.3) is 0 Å². The fourth-order valence-electron chi connectivity index (χ4n) is 1.46. The summed E-state index contributed by atoms with van der Waals surface area (Å²) in [5, 5.41) is 2.81. The molecule has 5 nitrogen and oxygen atoms in total. The first-order valence-electron chi connectivity index (χ1n) is 5.34. The smallest absolute Gasteiger partial charge is 0.242 e. The van der Waals surface area contributed by atoms with Crippen LogP contribution in [0, 0.1) is 13.8 Å². The lowest BCUT2D eigenvalue weighted by atomic mass is 10.3. The molecule has 1 unspecified atom stereocenters. The third-order valence-corrected chi connectivity index (χ3v) is 2.69. The van der Waals surface area contributed by atoms with E-state index >= 15 is 0 Å². The Morgan fingerprint density at radius 2 is 2.31 bits per heavy atom. The van der Waals surface area contributed by atoms with Crippen molar-refractivity contribution in [3.8, 4) is 0 Å². The first-order valence-corrected chi connectivity index (χ1v) is 5.34. The van der Waals surface area contributed by atoms with Gasteiger partial charge in [-0.15, -0.1) is 0 Å². The third-order valence-electron chi connectivity index (χ3n) is 2.69. The van der Waals surface area contributed by atoms with E-state index in [1.165, 1.54) is 0 Å². The number of hydrogen-bond acceptors (Lipinski definition) is 3. The number of hydrogen-bond donors (Lipinski definition) is 1. The summed E-state index contributed by atoms with van der Waals surface area (Å²) < 4.78 is 6.74. The van der Waals surface area contributed by atoms with Crippen molar-refractivity contribution in [2.75, 3.05) is 20.3 Å². The van der Waals surface area contributed by atoms with Crippen LogP contribution in [0.4, 0.5) is 0 Å². The third kappa shape index (κ3) is 2.82. The van der Waals surface area contributed by atoms with Gasteiger partial charge in [0, 0.05) is 19.3 Å². The van der Waals surface area contributed by atoms with Gasteiger partial charge in [0.1, 0.15) is 6.04 Å². The number of nitrogens with zero attached hydrogens (tertiary/aromatic N) is 2. The number of aromatic nitrogens is 2. The quantitative estimate of drug-likeness (QED) is 0.755. The zero-order chi connectivity index (χ0) is 12.1. The van der Waals surface area contributed by atoms with Crippen molar-refractivity contribution >= 4 is 5.91 Å². The summed E-state index contributed by atoms with van der Waals surface area (Å²) in [6.45, 7) is 6.81. The zero-order valence-electron chi connectivity index (χ0n) is 10.3. The van der Waals surface area contributed by atoms with Gasteiger partial charge in [0.15, 0.2) is 0 Å². The first-order chi connectivity index (χ1) is 7.57. The van der Waals surface area contributed by atoms with Crippen molar-refractivity contribution in [1.29, 1.82) is 0 Å². The molecule has 0 saturated carbocycles. The van der Waals surface area contributed by atoms with E-state index in [9.17, 15) is 4.79 Å². The number of amides is 1. The van der Waals surface area contributed by atoms with Gasteiger partial charge in [-0.05, 0) is 20.8 Å². The monoisotopic (exact) mass is 225 g/mol. The number of nitrogens with one attached hydrogen (secondary N) is 1. The molecular formula is C11H19N3O2. The minimum atomic E-state index is -0.238. The van der Waals surface area contributed by atoms with Gasteiger partial charge in [-0.3, -0.25) is 4.79 Å². The molecule has 0 aliphatic rings. The highest BCUT2D eigenvalue weighted by Crippen LogP contribution is 2.12. The van der Waals surface area contributed by atoms with E-state index in [0.717, 1.165) is 11.4 Å². The Morgan fingerprint density at radius 1 is 1.62 bits per heavy atom. The van der Waals surface area contributed by atoms with Crippen LogP contribution in [0.1, 0.15) is 24.4 Å². The van der Waals surface area contributed by atoms with E-state index in [1.54, 1.807) is 13.4 Å². The standard InChI is InChI=1S/C11H19N3O2/c1-8-9(2)14(7-13-8)10(3)11(15)12-5-6-16-4/h7,10H,5-6H2,1-4H3,(H,12,15). The molecule has 0 fully saturated rings. The minimum Gasteiger partial charge on any atom is -0.383 e. The lowest BCUT2D eigenvalue weighted by Crippen LogP contribution is -2.33. The predicted octanol–water partition coefficient (Wildman–Crippen LogP) is 0.824. The van der Waals surface area contributed by atoms with Gasteiger partial charge in [0.05, 0.1) is 18.6 Å². The van der Waals surface area contributed by atoms with E-state index in [2.05, 4.69) is 10.3 Å². The zero-order valence-corrected chi connectivity index (χ0v) is 10.3. The number of rotatable bonds is 5. The fraction of sp³-hybridized carbons (Fsp3) is 0.636. The van der Waals surface area contributed by atoms with Crippen molar-refractivity contribution in [2.24, 2.45) is 0 Å². The summed E-state index contributed by atoms with van der Waals surface area (Å²) in [6, 6.07) is -0.238. The average molecular weight is 225 g/mol. The lowest BCUT2D eigenvalue weighted by Gasteiger charge is -2.15. The van der Waals surface area contributed by atoms with Gasteiger partial charge >= 0.3 is 0 Å². The number of ether oxygens (including phenoxy) is 1. The molecule has 1 N–H and O–H groups in total. The second kappa shape index (κ2) is 5.65. The normalized spacial score (nSPS) is 12.5. The molecule has 0 bridgehead atoms. The molecule has 1 atom stereocenters. The number of carbonyl (C=O) groups is 1. The topological polar surface area (TPSA) is 56.1 Å². The Bertz CT molecular complexity index is 360. The summed E-state index contributed by atoms with van der Waals surface area (Å²) in [6.07, 6.45) is 1.70. The molecular weight excluding hydrogens is 206 g/mol. The molecule has 1 aromatic heterocycles. The maximum Gasteiger partial charge on any atom is 0.242 e. The van der Waals surface area contributed by atoms with Crippen LogP contribution >= 0.6 is 0 Å². The summed E-state index contributed by atoms with van der Waals surface area (Å²) in [7, 11) is 1.61. The molecule has 5 heteroatoms. The van der Waals surface area contributed by atoms with E-state index in [4.69, 9.17) is 4.74 Å². The van der Waals surface area contributed by atoms with Crippen LogP contribution in [0.15, 0.2) is 6.33 Å². The number of carbonyl (C=O) groups excluding carboxylic acids is 1. The number of methoxy groups -OCH3 is 1. The van der Waals surface area contributed by atoms with Crippen LogP contribution in [-0.4, -0.2) is 35.7 Å². The summed E-state index contributed by atoms with van der Waals surface area (Å²) in [5.74, 6) is -0.0162.